The minimum atomic E-state index is -0.255. The van der Waals surface area contributed by atoms with E-state index >= 15 is 0 Å². The first-order chi connectivity index (χ1) is 12.6. The van der Waals surface area contributed by atoms with E-state index in [1.807, 2.05) is 50.2 Å². The molecule has 2 heterocycles. The fraction of sp³-hybridized carbons (Fsp3) is 0.286. The second-order valence-electron chi connectivity index (χ2n) is 6.62. The number of hydrogen-bond acceptors (Lipinski definition) is 4. The van der Waals surface area contributed by atoms with Gasteiger partial charge in [-0.2, -0.15) is 0 Å². The van der Waals surface area contributed by atoms with Gasteiger partial charge in [0.25, 0.3) is 0 Å². The second-order valence-corrected chi connectivity index (χ2v) is 7.02. The summed E-state index contributed by atoms with van der Waals surface area (Å²) in [6.45, 7) is 5.74. The Hall–Kier alpha value is -2.30. The minimum absolute atomic E-state index is 0.255. The Morgan fingerprint density at radius 1 is 1.19 bits per heavy atom. The van der Waals surface area contributed by atoms with Crippen molar-refractivity contribution in [2.24, 2.45) is 0 Å². The lowest BCUT2D eigenvalue weighted by molar-refractivity contribution is 0.0890. The van der Waals surface area contributed by atoms with Gasteiger partial charge in [0.1, 0.15) is 18.1 Å². The molecule has 0 amide bonds. The second kappa shape index (κ2) is 6.78. The first-order valence-corrected chi connectivity index (χ1v) is 9.13. The van der Waals surface area contributed by atoms with Gasteiger partial charge in [-0.25, -0.2) is 4.79 Å². The van der Waals surface area contributed by atoms with Crippen molar-refractivity contribution in [3.8, 4) is 5.75 Å². The highest BCUT2D eigenvalue weighted by atomic mass is 35.5. The number of halogens is 1. The summed E-state index contributed by atoms with van der Waals surface area (Å²) >= 11 is 6.29. The zero-order valence-electron chi connectivity index (χ0n) is 14.8. The van der Waals surface area contributed by atoms with Crippen molar-refractivity contribution in [2.75, 3.05) is 6.73 Å². The van der Waals surface area contributed by atoms with Gasteiger partial charge in [-0.3, -0.25) is 4.90 Å². The molecule has 4 nitrogen and oxygen atoms in total. The van der Waals surface area contributed by atoms with Gasteiger partial charge in [0.2, 0.25) is 0 Å². The Morgan fingerprint density at radius 2 is 2.00 bits per heavy atom. The van der Waals surface area contributed by atoms with Crippen LogP contribution in [0.15, 0.2) is 45.6 Å². The summed E-state index contributed by atoms with van der Waals surface area (Å²) in [6.07, 6.45) is 0.663. The monoisotopic (exact) mass is 369 g/mol. The summed E-state index contributed by atoms with van der Waals surface area (Å²) in [5, 5.41) is 1.72. The molecule has 0 saturated heterocycles. The maximum Gasteiger partial charge on any atom is 0.339 e. The molecule has 0 bridgehead atoms. The summed E-state index contributed by atoms with van der Waals surface area (Å²) in [6, 6.07) is 11.7. The Morgan fingerprint density at radius 3 is 2.77 bits per heavy atom. The normalized spacial score (nSPS) is 14.3. The van der Waals surface area contributed by atoms with Gasteiger partial charge in [-0.15, -0.1) is 0 Å². The molecule has 134 valence electrons. The van der Waals surface area contributed by atoms with Crippen molar-refractivity contribution in [3.63, 3.8) is 0 Å². The van der Waals surface area contributed by atoms with Crippen molar-refractivity contribution in [3.05, 3.63) is 74.1 Å². The molecular formula is C21H20ClNO3. The maximum absolute atomic E-state index is 12.3. The van der Waals surface area contributed by atoms with E-state index in [-0.39, 0.29) is 5.63 Å². The van der Waals surface area contributed by atoms with Crippen molar-refractivity contribution >= 4 is 22.6 Å². The van der Waals surface area contributed by atoms with Crippen LogP contribution in [0.4, 0.5) is 0 Å². The van der Waals surface area contributed by atoms with Crippen LogP contribution in [-0.2, 0) is 19.5 Å². The maximum atomic E-state index is 12.3. The molecule has 0 atom stereocenters. The van der Waals surface area contributed by atoms with Crippen LogP contribution in [0.2, 0.25) is 5.02 Å². The number of fused-ring (bicyclic) bond motifs is 3. The smallest absolute Gasteiger partial charge is 0.339 e. The molecule has 0 radical (unpaired) electrons. The Labute approximate surface area is 156 Å². The third kappa shape index (κ3) is 2.89. The Bertz CT molecular complexity index is 1040. The first-order valence-electron chi connectivity index (χ1n) is 8.75. The van der Waals surface area contributed by atoms with Gasteiger partial charge in [-0.1, -0.05) is 36.7 Å². The van der Waals surface area contributed by atoms with Gasteiger partial charge in [0, 0.05) is 29.1 Å². The highest BCUT2D eigenvalue weighted by molar-refractivity contribution is 6.31. The molecule has 0 N–H and O–H groups in total. The molecule has 0 unspecified atom stereocenters. The van der Waals surface area contributed by atoms with E-state index in [4.69, 9.17) is 20.8 Å². The molecule has 0 saturated carbocycles. The predicted molar refractivity (Wildman–Crippen MR) is 103 cm³/mol. The molecule has 3 aromatic rings. The Kier molecular flexibility index (Phi) is 4.47. The molecule has 5 heteroatoms. The van der Waals surface area contributed by atoms with E-state index in [0.29, 0.717) is 31.8 Å². The van der Waals surface area contributed by atoms with Crippen molar-refractivity contribution in [1.29, 1.82) is 0 Å². The topological polar surface area (TPSA) is 42.7 Å². The van der Waals surface area contributed by atoms with Gasteiger partial charge in [0.05, 0.1) is 5.56 Å². The molecule has 4 rings (SSSR count). The van der Waals surface area contributed by atoms with Crippen molar-refractivity contribution in [1.82, 2.24) is 4.90 Å². The SMILES string of the molecule is CCc1c(C)c2ccc3c(c2oc1=O)CN(Cc1ccccc1Cl)CO3. The first kappa shape index (κ1) is 17.1. The molecule has 1 aliphatic heterocycles. The highest BCUT2D eigenvalue weighted by Gasteiger charge is 2.23. The lowest BCUT2D eigenvalue weighted by Gasteiger charge is -2.29. The third-order valence-electron chi connectivity index (χ3n) is 5.01. The van der Waals surface area contributed by atoms with Gasteiger partial charge in [-0.05, 0) is 42.7 Å². The van der Waals surface area contributed by atoms with Crippen LogP contribution in [0.3, 0.4) is 0 Å². The summed E-state index contributed by atoms with van der Waals surface area (Å²) in [5.74, 6) is 0.778. The van der Waals surface area contributed by atoms with Crippen LogP contribution in [-0.4, -0.2) is 11.6 Å². The quantitative estimate of drug-likeness (QED) is 0.629. The predicted octanol–water partition coefficient (Wildman–Crippen LogP) is 4.67. The molecular weight excluding hydrogens is 350 g/mol. The van der Waals surface area contributed by atoms with E-state index in [1.165, 1.54) is 0 Å². The zero-order chi connectivity index (χ0) is 18.3. The van der Waals surface area contributed by atoms with Gasteiger partial charge >= 0.3 is 5.63 Å². The highest BCUT2D eigenvalue weighted by Crippen LogP contribution is 2.34. The molecule has 0 aliphatic carbocycles. The standard InChI is InChI=1S/C21H20ClNO3/c1-3-15-13(2)16-8-9-19-17(20(16)26-21(15)24)11-23(12-25-19)10-14-6-4-5-7-18(14)22/h4-9H,3,10-12H2,1-2H3. The number of ether oxygens (including phenoxy) is 1. The molecule has 1 aliphatic rings. The van der Waals surface area contributed by atoms with Crippen LogP contribution in [0.5, 0.6) is 5.75 Å². The zero-order valence-corrected chi connectivity index (χ0v) is 15.6. The fourth-order valence-electron chi connectivity index (χ4n) is 3.59. The van der Waals surface area contributed by atoms with E-state index in [1.54, 1.807) is 0 Å². The van der Waals surface area contributed by atoms with E-state index in [9.17, 15) is 4.79 Å². The number of hydrogen-bond donors (Lipinski definition) is 0. The average Bonchev–Trinajstić information content (AvgIpc) is 2.64. The molecule has 0 spiro atoms. The third-order valence-corrected chi connectivity index (χ3v) is 5.37. The van der Waals surface area contributed by atoms with E-state index in [2.05, 4.69) is 4.90 Å². The lowest BCUT2D eigenvalue weighted by Crippen LogP contribution is -2.31. The van der Waals surface area contributed by atoms with E-state index < -0.39 is 0 Å². The van der Waals surface area contributed by atoms with Crippen LogP contribution in [0, 0.1) is 6.92 Å². The number of rotatable bonds is 3. The molecule has 2 aromatic carbocycles. The van der Waals surface area contributed by atoms with Crippen LogP contribution < -0.4 is 10.4 Å². The van der Waals surface area contributed by atoms with E-state index in [0.717, 1.165) is 38.4 Å². The largest absolute Gasteiger partial charge is 0.478 e. The van der Waals surface area contributed by atoms with Crippen molar-refractivity contribution < 1.29 is 9.15 Å². The van der Waals surface area contributed by atoms with Gasteiger partial charge < -0.3 is 9.15 Å². The van der Waals surface area contributed by atoms with Gasteiger partial charge in [0.15, 0.2) is 0 Å². The fourth-order valence-corrected chi connectivity index (χ4v) is 3.78. The minimum Gasteiger partial charge on any atom is -0.478 e. The summed E-state index contributed by atoms with van der Waals surface area (Å²) in [5.41, 5.74) is 4.07. The van der Waals surface area contributed by atoms with Crippen LogP contribution >= 0.6 is 11.6 Å². The molecule has 0 fully saturated rings. The summed E-state index contributed by atoms with van der Waals surface area (Å²) in [7, 11) is 0. The summed E-state index contributed by atoms with van der Waals surface area (Å²) in [4.78, 5) is 14.5. The Balaban J connectivity index is 1.75. The number of benzene rings is 2. The van der Waals surface area contributed by atoms with Crippen LogP contribution in [0.25, 0.3) is 11.0 Å². The molecule has 26 heavy (non-hydrogen) atoms. The summed E-state index contributed by atoms with van der Waals surface area (Å²) < 4.78 is 11.6. The molecule has 1 aromatic heterocycles. The van der Waals surface area contributed by atoms with Crippen molar-refractivity contribution in [2.45, 2.75) is 33.4 Å². The number of nitrogens with zero attached hydrogens (tertiary/aromatic N) is 1. The lowest BCUT2D eigenvalue weighted by atomic mass is 10.0. The number of aryl methyl sites for hydroxylation is 1. The van der Waals surface area contributed by atoms with Crippen LogP contribution in [0.1, 0.15) is 29.2 Å². The average molecular weight is 370 g/mol.